The Balaban J connectivity index is 1.36. The normalized spacial score (nSPS) is 16.9. The lowest BCUT2D eigenvalue weighted by atomic mass is 10.1. The number of rotatable bonds is 3. The number of halogens is 1. The fourth-order valence-corrected chi connectivity index (χ4v) is 3.63. The van der Waals surface area contributed by atoms with Crippen LogP contribution in [0.3, 0.4) is 0 Å². The lowest BCUT2D eigenvalue weighted by molar-refractivity contribution is -0.132. The number of amides is 2. The van der Waals surface area contributed by atoms with Gasteiger partial charge in [0.25, 0.3) is 5.91 Å². The number of benzene rings is 1. The summed E-state index contributed by atoms with van der Waals surface area (Å²) in [7, 11) is 0. The molecule has 2 N–H and O–H groups in total. The number of aromatic amines is 1. The van der Waals surface area contributed by atoms with Gasteiger partial charge in [0.2, 0.25) is 5.91 Å². The molecule has 4 rings (SSSR count). The molecule has 0 saturated carbocycles. The second kappa shape index (κ2) is 7.48. The summed E-state index contributed by atoms with van der Waals surface area (Å²) in [6.45, 7) is 3.33. The molecule has 1 fully saturated rings. The van der Waals surface area contributed by atoms with Gasteiger partial charge in [-0.1, -0.05) is 18.2 Å². The van der Waals surface area contributed by atoms with Crippen LogP contribution in [0.4, 0.5) is 4.39 Å². The summed E-state index contributed by atoms with van der Waals surface area (Å²) in [4.78, 5) is 28.7. The number of H-pyrrole nitrogens is 1. The number of piperazine rings is 1. The van der Waals surface area contributed by atoms with Gasteiger partial charge in [-0.2, -0.15) is 5.10 Å². The quantitative estimate of drug-likeness (QED) is 0.833. The van der Waals surface area contributed by atoms with E-state index in [1.54, 1.807) is 28.0 Å². The molecule has 3 heterocycles. The van der Waals surface area contributed by atoms with Crippen molar-refractivity contribution >= 4 is 11.8 Å². The molecule has 1 aromatic heterocycles. The third-order valence-corrected chi connectivity index (χ3v) is 5.23. The van der Waals surface area contributed by atoms with E-state index in [1.165, 1.54) is 6.07 Å². The van der Waals surface area contributed by atoms with Crippen molar-refractivity contribution < 1.29 is 14.0 Å². The topological polar surface area (TPSA) is 81.3 Å². The molecule has 0 bridgehead atoms. The first-order valence-electron chi connectivity index (χ1n) is 9.21. The van der Waals surface area contributed by atoms with Crippen molar-refractivity contribution in [2.45, 2.75) is 19.4 Å². The zero-order chi connectivity index (χ0) is 18.8. The van der Waals surface area contributed by atoms with E-state index in [-0.39, 0.29) is 24.1 Å². The van der Waals surface area contributed by atoms with Gasteiger partial charge in [0.15, 0.2) is 5.69 Å². The zero-order valence-corrected chi connectivity index (χ0v) is 15.0. The van der Waals surface area contributed by atoms with Crippen LogP contribution in [-0.4, -0.2) is 64.5 Å². The van der Waals surface area contributed by atoms with E-state index in [4.69, 9.17) is 0 Å². The minimum Gasteiger partial charge on any atom is -0.339 e. The maximum absolute atomic E-state index is 13.7. The van der Waals surface area contributed by atoms with Crippen molar-refractivity contribution in [3.05, 3.63) is 52.6 Å². The standard InChI is InChI=1S/C19H22FN5O2/c20-15-4-2-1-3-13(15)11-17(26)24-7-9-25(10-8-24)19(27)18-14-12-21-6-5-16(14)22-23-18/h1-4,21H,5-12H2,(H,22,23). The molecule has 1 saturated heterocycles. The first kappa shape index (κ1) is 17.7. The number of nitrogens with one attached hydrogen (secondary N) is 2. The van der Waals surface area contributed by atoms with E-state index in [9.17, 15) is 14.0 Å². The number of hydrogen-bond donors (Lipinski definition) is 2. The third kappa shape index (κ3) is 3.57. The van der Waals surface area contributed by atoms with Crippen molar-refractivity contribution in [2.24, 2.45) is 0 Å². The Morgan fingerprint density at radius 3 is 2.63 bits per heavy atom. The van der Waals surface area contributed by atoms with E-state index >= 15 is 0 Å². The van der Waals surface area contributed by atoms with Crippen LogP contribution >= 0.6 is 0 Å². The first-order valence-corrected chi connectivity index (χ1v) is 9.21. The maximum Gasteiger partial charge on any atom is 0.274 e. The van der Waals surface area contributed by atoms with Gasteiger partial charge in [-0.15, -0.1) is 0 Å². The van der Waals surface area contributed by atoms with Crippen molar-refractivity contribution in [3.63, 3.8) is 0 Å². The van der Waals surface area contributed by atoms with Gasteiger partial charge in [-0.3, -0.25) is 14.7 Å². The molecule has 2 aliphatic rings. The molecule has 2 aromatic rings. The van der Waals surface area contributed by atoms with Crippen LogP contribution < -0.4 is 5.32 Å². The number of carbonyl (C=O) groups is 2. The smallest absolute Gasteiger partial charge is 0.274 e. The number of fused-ring (bicyclic) bond motifs is 1. The molecule has 0 unspecified atom stereocenters. The highest BCUT2D eigenvalue weighted by molar-refractivity contribution is 5.94. The number of carbonyl (C=O) groups excluding carboxylic acids is 2. The molecule has 0 aliphatic carbocycles. The van der Waals surface area contributed by atoms with Crippen LogP contribution in [0.15, 0.2) is 24.3 Å². The summed E-state index contributed by atoms with van der Waals surface area (Å²) < 4.78 is 13.7. The summed E-state index contributed by atoms with van der Waals surface area (Å²) >= 11 is 0. The molecular weight excluding hydrogens is 349 g/mol. The predicted molar refractivity (Wildman–Crippen MR) is 96.6 cm³/mol. The van der Waals surface area contributed by atoms with Crippen LogP contribution in [-0.2, 0) is 24.2 Å². The molecule has 0 spiro atoms. The first-order chi connectivity index (χ1) is 13.1. The Bertz CT molecular complexity index is 858. The summed E-state index contributed by atoms with van der Waals surface area (Å²) in [6, 6.07) is 6.32. The highest BCUT2D eigenvalue weighted by atomic mass is 19.1. The molecule has 142 valence electrons. The second-order valence-corrected chi connectivity index (χ2v) is 6.90. The van der Waals surface area contributed by atoms with Crippen molar-refractivity contribution in [2.75, 3.05) is 32.7 Å². The van der Waals surface area contributed by atoms with E-state index in [0.717, 1.165) is 24.2 Å². The van der Waals surface area contributed by atoms with E-state index in [2.05, 4.69) is 15.5 Å². The monoisotopic (exact) mass is 371 g/mol. The molecule has 2 aliphatic heterocycles. The lowest BCUT2D eigenvalue weighted by Gasteiger charge is -2.34. The second-order valence-electron chi connectivity index (χ2n) is 6.90. The van der Waals surface area contributed by atoms with Crippen LogP contribution in [0.5, 0.6) is 0 Å². The van der Waals surface area contributed by atoms with Crippen LogP contribution in [0, 0.1) is 5.82 Å². The van der Waals surface area contributed by atoms with Crippen LogP contribution in [0.25, 0.3) is 0 Å². The average Bonchev–Trinajstić information content (AvgIpc) is 3.13. The van der Waals surface area contributed by atoms with Gasteiger partial charge in [-0.05, 0) is 11.6 Å². The fraction of sp³-hybridized carbons (Fsp3) is 0.421. The predicted octanol–water partition coefficient (Wildman–Crippen LogP) is 0.722. The lowest BCUT2D eigenvalue weighted by Crippen LogP contribution is -2.51. The van der Waals surface area contributed by atoms with Crippen molar-refractivity contribution in [1.82, 2.24) is 25.3 Å². The van der Waals surface area contributed by atoms with Gasteiger partial charge in [-0.25, -0.2) is 4.39 Å². The van der Waals surface area contributed by atoms with E-state index in [0.29, 0.717) is 44.0 Å². The Kier molecular flexibility index (Phi) is 4.89. The summed E-state index contributed by atoms with van der Waals surface area (Å²) in [5, 5.41) is 10.4. The minimum atomic E-state index is -0.364. The van der Waals surface area contributed by atoms with Gasteiger partial charge in [0, 0.05) is 56.9 Å². The van der Waals surface area contributed by atoms with Crippen molar-refractivity contribution in [3.8, 4) is 0 Å². The van der Waals surface area contributed by atoms with E-state index < -0.39 is 0 Å². The highest BCUT2D eigenvalue weighted by Crippen LogP contribution is 2.18. The summed E-state index contributed by atoms with van der Waals surface area (Å²) in [5.74, 6) is -0.581. The Morgan fingerprint density at radius 1 is 1.11 bits per heavy atom. The number of aromatic nitrogens is 2. The number of nitrogens with zero attached hydrogens (tertiary/aromatic N) is 3. The molecule has 1 aromatic carbocycles. The molecule has 27 heavy (non-hydrogen) atoms. The minimum absolute atomic E-state index is 0.0408. The zero-order valence-electron chi connectivity index (χ0n) is 15.0. The Hall–Kier alpha value is -2.74. The molecule has 0 radical (unpaired) electrons. The van der Waals surface area contributed by atoms with Gasteiger partial charge in [0.1, 0.15) is 5.82 Å². The molecule has 7 nitrogen and oxygen atoms in total. The fourth-order valence-electron chi connectivity index (χ4n) is 3.63. The van der Waals surface area contributed by atoms with Crippen molar-refractivity contribution in [1.29, 1.82) is 0 Å². The van der Waals surface area contributed by atoms with Gasteiger partial charge in [0.05, 0.1) is 6.42 Å². The van der Waals surface area contributed by atoms with E-state index in [1.807, 2.05) is 0 Å². The molecule has 2 amide bonds. The Labute approximate surface area is 156 Å². The SMILES string of the molecule is O=C(Cc1ccccc1F)N1CCN(C(=O)c2n[nH]c3c2CNCC3)CC1. The summed E-state index contributed by atoms with van der Waals surface area (Å²) in [5.41, 5.74) is 2.85. The largest absolute Gasteiger partial charge is 0.339 e. The third-order valence-electron chi connectivity index (χ3n) is 5.23. The van der Waals surface area contributed by atoms with Crippen LogP contribution in [0.1, 0.15) is 27.3 Å². The average molecular weight is 371 g/mol. The highest BCUT2D eigenvalue weighted by Gasteiger charge is 2.29. The molecule has 0 atom stereocenters. The Morgan fingerprint density at radius 2 is 1.85 bits per heavy atom. The van der Waals surface area contributed by atoms with Crippen LogP contribution in [0.2, 0.25) is 0 Å². The summed E-state index contributed by atoms with van der Waals surface area (Å²) in [6.07, 6.45) is 0.882. The van der Waals surface area contributed by atoms with Gasteiger partial charge >= 0.3 is 0 Å². The molecular formula is C19H22FN5O2. The molecule has 8 heteroatoms. The van der Waals surface area contributed by atoms with Gasteiger partial charge < -0.3 is 15.1 Å². The number of hydrogen-bond acceptors (Lipinski definition) is 4. The maximum atomic E-state index is 13.7.